The summed E-state index contributed by atoms with van der Waals surface area (Å²) in [5.74, 6) is -0.134. The molecule has 5 heteroatoms. The van der Waals surface area contributed by atoms with Crippen LogP contribution in [-0.2, 0) is 16.1 Å². The Bertz CT molecular complexity index is 583. The van der Waals surface area contributed by atoms with E-state index in [-0.39, 0.29) is 11.9 Å². The molecule has 2 rings (SSSR count). The Kier molecular flexibility index (Phi) is 8.29. The molecule has 1 aliphatic rings. The molecule has 0 radical (unpaired) electrons. The van der Waals surface area contributed by atoms with Gasteiger partial charge in [-0.1, -0.05) is 58.0 Å². The summed E-state index contributed by atoms with van der Waals surface area (Å²) in [4.78, 5) is 29.2. The lowest BCUT2D eigenvalue weighted by atomic mass is 10.0. The standard InChI is InChI=1S/C22H35N3O2/c1-17(2)14-25(15-18(3)4)22(27)21(26)23-20-10-12-24(13-11-20)16-19-8-6-5-7-9-19/h5-9,17-18,20H,10-16H2,1-4H3,(H,23,26). The van der Waals surface area contributed by atoms with Gasteiger partial charge in [-0.2, -0.15) is 0 Å². The van der Waals surface area contributed by atoms with E-state index < -0.39 is 5.91 Å². The third kappa shape index (κ3) is 7.33. The van der Waals surface area contributed by atoms with Crippen LogP contribution in [0.4, 0.5) is 0 Å². The first-order chi connectivity index (χ1) is 12.8. The van der Waals surface area contributed by atoms with E-state index >= 15 is 0 Å². The summed E-state index contributed by atoms with van der Waals surface area (Å²) >= 11 is 0. The Morgan fingerprint density at radius 2 is 1.59 bits per heavy atom. The van der Waals surface area contributed by atoms with Crippen molar-refractivity contribution in [3.05, 3.63) is 35.9 Å². The van der Waals surface area contributed by atoms with Gasteiger partial charge in [-0.15, -0.1) is 0 Å². The van der Waals surface area contributed by atoms with Gasteiger partial charge in [0.15, 0.2) is 0 Å². The van der Waals surface area contributed by atoms with Crippen LogP contribution >= 0.6 is 0 Å². The molecular formula is C22H35N3O2. The topological polar surface area (TPSA) is 52.7 Å². The molecule has 5 nitrogen and oxygen atoms in total. The maximum absolute atomic E-state index is 12.6. The first kappa shape index (κ1) is 21.4. The largest absolute Gasteiger partial charge is 0.345 e. The molecule has 150 valence electrons. The number of hydrogen-bond donors (Lipinski definition) is 1. The van der Waals surface area contributed by atoms with E-state index in [4.69, 9.17) is 0 Å². The van der Waals surface area contributed by atoms with Gasteiger partial charge in [0.2, 0.25) is 0 Å². The second-order valence-corrected chi connectivity index (χ2v) is 8.51. The predicted octanol–water partition coefficient (Wildman–Crippen LogP) is 2.91. The average Bonchev–Trinajstić information content (AvgIpc) is 2.62. The zero-order valence-electron chi connectivity index (χ0n) is 17.3. The minimum absolute atomic E-state index is 0.0911. The van der Waals surface area contributed by atoms with Crippen LogP contribution in [0.1, 0.15) is 46.1 Å². The highest BCUT2D eigenvalue weighted by Gasteiger charge is 2.27. The zero-order chi connectivity index (χ0) is 19.8. The van der Waals surface area contributed by atoms with Crippen LogP contribution in [0.15, 0.2) is 30.3 Å². The van der Waals surface area contributed by atoms with Crippen molar-refractivity contribution in [1.82, 2.24) is 15.1 Å². The van der Waals surface area contributed by atoms with E-state index in [1.54, 1.807) is 4.90 Å². The number of nitrogens with one attached hydrogen (secondary N) is 1. The Hall–Kier alpha value is -1.88. The van der Waals surface area contributed by atoms with Crippen LogP contribution in [0.25, 0.3) is 0 Å². The SMILES string of the molecule is CC(C)CN(CC(C)C)C(=O)C(=O)NC1CCN(Cc2ccccc2)CC1. The van der Waals surface area contributed by atoms with E-state index in [0.717, 1.165) is 32.5 Å². The second-order valence-electron chi connectivity index (χ2n) is 8.51. The molecule has 2 amide bonds. The van der Waals surface area contributed by atoms with Gasteiger partial charge in [0, 0.05) is 38.8 Å². The monoisotopic (exact) mass is 373 g/mol. The molecule has 0 aliphatic carbocycles. The average molecular weight is 374 g/mol. The Labute approximate surface area is 164 Å². The molecule has 1 aromatic rings. The summed E-state index contributed by atoms with van der Waals surface area (Å²) in [6.07, 6.45) is 1.78. The fourth-order valence-electron chi connectivity index (χ4n) is 3.59. The molecule has 0 saturated carbocycles. The van der Waals surface area contributed by atoms with Crippen molar-refractivity contribution in [2.24, 2.45) is 11.8 Å². The molecule has 1 aliphatic heterocycles. The molecule has 0 atom stereocenters. The maximum atomic E-state index is 12.6. The molecular weight excluding hydrogens is 338 g/mol. The lowest BCUT2D eigenvalue weighted by Gasteiger charge is -2.33. The summed E-state index contributed by atoms with van der Waals surface area (Å²) in [5, 5.41) is 2.97. The zero-order valence-corrected chi connectivity index (χ0v) is 17.3. The quantitative estimate of drug-likeness (QED) is 0.748. The predicted molar refractivity (Wildman–Crippen MR) is 109 cm³/mol. The van der Waals surface area contributed by atoms with Gasteiger partial charge >= 0.3 is 11.8 Å². The maximum Gasteiger partial charge on any atom is 0.311 e. The summed E-state index contributed by atoms with van der Waals surface area (Å²) in [5.41, 5.74) is 1.31. The Balaban J connectivity index is 1.80. The fraction of sp³-hybridized carbons (Fsp3) is 0.636. The number of rotatable bonds is 7. The molecule has 1 heterocycles. The van der Waals surface area contributed by atoms with Gasteiger partial charge < -0.3 is 10.2 Å². The van der Waals surface area contributed by atoms with Crippen LogP contribution in [0, 0.1) is 11.8 Å². The first-order valence-corrected chi connectivity index (χ1v) is 10.2. The van der Waals surface area contributed by atoms with Crippen LogP contribution in [0.5, 0.6) is 0 Å². The van der Waals surface area contributed by atoms with Crippen LogP contribution in [-0.4, -0.2) is 53.8 Å². The van der Waals surface area contributed by atoms with E-state index in [1.165, 1.54) is 5.56 Å². The number of benzene rings is 1. The summed E-state index contributed by atoms with van der Waals surface area (Å²) < 4.78 is 0. The normalized spacial score (nSPS) is 15.9. The van der Waals surface area contributed by atoms with Crippen molar-refractivity contribution in [1.29, 1.82) is 0 Å². The van der Waals surface area contributed by atoms with Crippen LogP contribution in [0.3, 0.4) is 0 Å². The Morgan fingerprint density at radius 1 is 1.04 bits per heavy atom. The van der Waals surface area contributed by atoms with Crippen LogP contribution < -0.4 is 5.32 Å². The molecule has 0 bridgehead atoms. The number of carbonyl (C=O) groups is 2. The lowest BCUT2D eigenvalue weighted by molar-refractivity contribution is -0.147. The van der Waals surface area contributed by atoms with E-state index in [9.17, 15) is 9.59 Å². The third-order valence-electron chi connectivity index (χ3n) is 4.82. The molecule has 27 heavy (non-hydrogen) atoms. The van der Waals surface area contributed by atoms with Gasteiger partial charge in [-0.05, 0) is 30.2 Å². The lowest BCUT2D eigenvalue weighted by Crippen LogP contribution is -2.51. The van der Waals surface area contributed by atoms with E-state index in [0.29, 0.717) is 24.9 Å². The number of likely N-dealkylation sites (tertiary alicyclic amines) is 1. The Morgan fingerprint density at radius 3 is 2.11 bits per heavy atom. The highest BCUT2D eigenvalue weighted by Crippen LogP contribution is 2.14. The van der Waals surface area contributed by atoms with Gasteiger partial charge in [0.05, 0.1) is 0 Å². The number of carbonyl (C=O) groups excluding carboxylic acids is 2. The second kappa shape index (κ2) is 10.5. The van der Waals surface area contributed by atoms with Crippen molar-refractivity contribution in [3.63, 3.8) is 0 Å². The molecule has 1 aromatic carbocycles. The van der Waals surface area contributed by atoms with Gasteiger partial charge in [-0.25, -0.2) is 0 Å². The van der Waals surface area contributed by atoms with Gasteiger partial charge in [0.1, 0.15) is 0 Å². The third-order valence-corrected chi connectivity index (χ3v) is 4.82. The summed E-state index contributed by atoms with van der Waals surface area (Å²) in [7, 11) is 0. The van der Waals surface area contributed by atoms with Crippen molar-refractivity contribution >= 4 is 11.8 Å². The molecule has 1 N–H and O–H groups in total. The number of nitrogens with zero attached hydrogens (tertiary/aromatic N) is 2. The van der Waals surface area contributed by atoms with Gasteiger partial charge in [-0.3, -0.25) is 14.5 Å². The van der Waals surface area contributed by atoms with E-state index in [1.807, 2.05) is 6.07 Å². The highest BCUT2D eigenvalue weighted by atomic mass is 16.2. The minimum Gasteiger partial charge on any atom is -0.345 e. The van der Waals surface area contributed by atoms with Crippen LogP contribution in [0.2, 0.25) is 0 Å². The molecule has 0 unspecified atom stereocenters. The molecule has 0 spiro atoms. The molecule has 1 fully saturated rings. The fourth-order valence-corrected chi connectivity index (χ4v) is 3.59. The van der Waals surface area contributed by atoms with Crippen molar-refractivity contribution in [2.75, 3.05) is 26.2 Å². The molecule has 1 saturated heterocycles. The van der Waals surface area contributed by atoms with Gasteiger partial charge in [0.25, 0.3) is 0 Å². The van der Waals surface area contributed by atoms with E-state index in [2.05, 4.69) is 62.2 Å². The molecule has 0 aromatic heterocycles. The van der Waals surface area contributed by atoms with Crippen molar-refractivity contribution < 1.29 is 9.59 Å². The minimum atomic E-state index is -0.446. The summed E-state index contributed by atoms with van der Waals surface area (Å²) in [6.45, 7) is 12.4. The summed E-state index contributed by atoms with van der Waals surface area (Å²) in [6, 6.07) is 10.5. The van der Waals surface area contributed by atoms with Crippen molar-refractivity contribution in [3.8, 4) is 0 Å². The smallest absolute Gasteiger partial charge is 0.311 e. The number of hydrogen-bond acceptors (Lipinski definition) is 3. The number of amides is 2. The highest BCUT2D eigenvalue weighted by molar-refractivity contribution is 6.35. The number of piperidine rings is 1. The van der Waals surface area contributed by atoms with Crippen molar-refractivity contribution in [2.45, 2.75) is 53.1 Å². The first-order valence-electron chi connectivity index (χ1n) is 10.2.